The van der Waals surface area contributed by atoms with Crippen molar-refractivity contribution in [1.29, 1.82) is 0 Å². The topological polar surface area (TPSA) is 52.7 Å². The highest BCUT2D eigenvalue weighted by Gasteiger charge is 2.26. The molecule has 0 aromatic heterocycles. The van der Waals surface area contributed by atoms with Crippen LogP contribution in [0.2, 0.25) is 0 Å². The molecule has 164 valence electrons. The summed E-state index contributed by atoms with van der Waals surface area (Å²) in [7, 11) is 0. The minimum atomic E-state index is -0.455. The smallest absolute Gasteiger partial charge is 0.256 e. The van der Waals surface area contributed by atoms with Crippen LogP contribution in [0.25, 0.3) is 0 Å². The zero-order chi connectivity index (χ0) is 21.8. The Hall–Kier alpha value is -2.89. The third-order valence-corrected chi connectivity index (χ3v) is 6.34. The van der Waals surface area contributed by atoms with Gasteiger partial charge in [-0.1, -0.05) is 13.0 Å². The van der Waals surface area contributed by atoms with E-state index in [1.165, 1.54) is 24.6 Å². The monoisotopic (exact) mass is 423 g/mol. The van der Waals surface area contributed by atoms with E-state index in [9.17, 15) is 14.0 Å². The van der Waals surface area contributed by atoms with E-state index in [0.29, 0.717) is 17.2 Å². The second-order valence-corrected chi connectivity index (χ2v) is 8.72. The Balaban J connectivity index is 1.61. The van der Waals surface area contributed by atoms with Gasteiger partial charge in [-0.15, -0.1) is 0 Å². The Labute approximate surface area is 183 Å². The zero-order valence-electron chi connectivity index (χ0n) is 18.1. The maximum Gasteiger partial charge on any atom is 0.256 e. The molecule has 2 amide bonds. The largest absolute Gasteiger partial charge is 0.371 e. The molecule has 0 spiro atoms. The Morgan fingerprint density at radius 3 is 2.42 bits per heavy atom. The number of hydrogen-bond acceptors (Lipinski definition) is 3. The van der Waals surface area contributed by atoms with Gasteiger partial charge in [0.2, 0.25) is 0 Å². The molecular weight excluding hydrogens is 393 g/mol. The van der Waals surface area contributed by atoms with Crippen molar-refractivity contribution in [2.24, 2.45) is 5.92 Å². The summed E-state index contributed by atoms with van der Waals surface area (Å²) < 4.78 is 13.5. The van der Waals surface area contributed by atoms with Crippen LogP contribution >= 0.6 is 0 Å². The van der Waals surface area contributed by atoms with E-state index in [1.807, 2.05) is 17.0 Å². The van der Waals surface area contributed by atoms with Gasteiger partial charge in [0.25, 0.3) is 11.8 Å². The highest BCUT2D eigenvalue weighted by Crippen LogP contribution is 2.30. The van der Waals surface area contributed by atoms with Crippen LogP contribution in [0, 0.1) is 11.7 Å². The number of hydrogen-bond donors (Lipinski definition) is 1. The van der Waals surface area contributed by atoms with Gasteiger partial charge in [-0.2, -0.15) is 0 Å². The number of nitrogens with one attached hydrogen (secondary N) is 1. The number of benzene rings is 2. The average molecular weight is 424 g/mol. The van der Waals surface area contributed by atoms with Gasteiger partial charge in [0.1, 0.15) is 5.82 Å². The van der Waals surface area contributed by atoms with Crippen LogP contribution in [0.15, 0.2) is 42.5 Å². The number of anilines is 2. The third kappa shape index (κ3) is 5.06. The van der Waals surface area contributed by atoms with Crippen LogP contribution < -0.4 is 10.2 Å². The fourth-order valence-corrected chi connectivity index (χ4v) is 4.41. The molecule has 31 heavy (non-hydrogen) atoms. The Morgan fingerprint density at radius 1 is 0.968 bits per heavy atom. The molecule has 2 aliphatic rings. The van der Waals surface area contributed by atoms with Crippen LogP contribution in [0.4, 0.5) is 15.8 Å². The van der Waals surface area contributed by atoms with Gasteiger partial charge in [-0.05, 0) is 74.4 Å². The summed E-state index contributed by atoms with van der Waals surface area (Å²) in [5.41, 5.74) is 2.36. The molecule has 2 saturated heterocycles. The summed E-state index contributed by atoms with van der Waals surface area (Å²) in [6.07, 6.45) is 5.48. The Morgan fingerprint density at radius 2 is 1.71 bits per heavy atom. The summed E-state index contributed by atoms with van der Waals surface area (Å²) >= 11 is 0. The molecule has 2 heterocycles. The molecule has 0 aliphatic carbocycles. The first kappa shape index (κ1) is 21.3. The Kier molecular flexibility index (Phi) is 6.54. The summed E-state index contributed by atoms with van der Waals surface area (Å²) in [6.45, 7) is 5.63. The molecule has 6 heteroatoms. The molecule has 1 N–H and O–H groups in total. The molecule has 5 nitrogen and oxygen atoms in total. The van der Waals surface area contributed by atoms with E-state index in [0.717, 1.165) is 57.5 Å². The number of likely N-dealkylation sites (tertiary alicyclic amines) is 1. The van der Waals surface area contributed by atoms with Crippen molar-refractivity contribution in [3.05, 3.63) is 59.4 Å². The lowest BCUT2D eigenvalue weighted by Crippen LogP contribution is -2.39. The third-order valence-electron chi connectivity index (χ3n) is 6.34. The second-order valence-electron chi connectivity index (χ2n) is 8.72. The molecule has 0 radical (unpaired) electrons. The van der Waals surface area contributed by atoms with Gasteiger partial charge < -0.3 is 15.1 Å². The standard InChI is InChI=1S/C25H30FN3O2/c1-18-10-14-29(15-11-18)25(31)22-17-21(8-9-23(22)28-12-3-2-4-13-28)27-24(30)19-6-5-7-20(26)16-19/h5-9,16-18H,2-4,10-15H2,1H3,(H,27,30). The molecule has 0 unspecified atom stereocenters. The van der Waals surface area contributed by atoms with Crippen molar-refractivity contribution in [3.8, 4) is 0 Å². The van der Waals surface area contributed by atoms with Gasteiger partial charge >= 0.3 is 0 Å². The number of nitrogens with zero attached hydrogens (tertiary/aromatic N) is 2. The van der Waals surface area contributed by atoms with E-state index >= 15 is 0 Å². The van der Waals surface area contributed by atoms with Crippen LogP contribution in [-0.4, -0.2) is 42.9 Å². The van der Waals surface area contributed by atoms with Crippen LogP contribution in [0.1, 0.15) is 59.7 Å². The summed E-state index contributed by atoms with van der Waals surface area (Å²) in [5, 5.41) is 2.83. The number of carbonyl (C=O) groups is 2. The quantitative estimate of drug-likeness (QED) is 0.758. The number of rotatable bonds is 4. The maximum atomic E-state index is 13.5. The molecule has 2 aromatic carbocycles. The highest BCUT2D eigenvalue weighted by molar-refractivity contribution is 6.06. The minimum absolute atomic E-state index is 0.0225. The van der Waals surface area contributed by atoms with Gasteiger partial charge in [-0.25, -0.2) is 4.39 Å². The van der Waals surface area contributed by atoms with Gasteiger partial charge in [-0.3, -0.25) is 9.59 Å². The SMILES string of the molecule is CC1CCN(C(=O)c2cc(NC(=O)c3cccc(F)c3)ccc2N2CCCCC2)CC1. The summed E-state index contributed by atoms with van der Waals surface area (Å²) in [4.78, 5) is 30.3. The molecule has 4 rings (SSSR count). The molecule has 0 bridgehead atoms. The average Bonchev–Trinajstić information content (AvgIpc) is 2.79. The first-order valence-electron chi connectivity index (χ1n) is 11.3. The summed E-state index contributed by atoms with van der Waals surface area (Å²) in [5.74, 6) is -0.185. The van der Waals surface area contributed by atoms with Crippen LogP contribution in [0.5, 0.6) is 0 Å². The molecule has 2 aliphatic heterocycles. The van der Waals surface area contributed by atoms with Crippen LogP contribution in [0.3, 0.4) is 0 Å². The fraction of sp³-hybridized carbons (Fsp3) is 0.440. The van der Waals surface area contributed by atoms with E-state index in [2.05, 4.69) is 17.1 Å². The molecular formula is C25H30FN3O2. The molecule has 2 fully saturated rings. The maximum absolute atomic E-state index is 13.5. The first-order valence-corrected chi connectivity index (χ1v) is 11.3. The normalized spacial score (nSPS) is 17.5. The predicted molar refractivity (Wildman–Crippen MR) is 121 cm³/mol. The first-order chi connectivity index (χ1) is 15.0. The van der Waals surface area contributed by atoms with Crippen molar-refractivity contribution < 1.29 is 14.0 Å². The lowest BCUT2D eigenvalue weighted by molar-refractivity contribution is 0.0697. The van der Waals surface area contributed by atoms with Crippen molar-refractivity contribution >= 4 is 23.2 Å². The van der Waals surface area contributed by atoms with Crippen LogP contribution in [-0.2, 0) is 0 Å². The molecule has 2 aromatic rings. The number of piperidine rings is 2. The van der Waals surface area contributed by atoms with E-state index in [1.54, 1.807) is 12.1 Å². The van der Waals surface area contributed by atoms with E-state index in [4.69, 9.17) is 0 Å². The van der Waals surface area contributed by atoms with E-state index in [-0.39, 0.29) is 11.5 Å². The second kappa shape index (κ2) is 9.50. The van der Waals surface area contributed by atoms with Crippen molar-refractivity contribution in [3.63, 3.8) is 0 Å². The molecule has 0 atom stereocenters. The number of halogens is 1. The van der Waals surface area contributed by atoms with Crippen molar-refractivity contribution in [2.75, 3.05) is 36.4 Å². The number of amides is 2. The lowest BCUT2D eigenvalue weighted by Gasteiger charge is -2.34. The lowest BCUT2D eigenvalue weighted by atomic mass is 9.98. The molecule has 0 saturated carbocycles. The van der Waals surface area contributed by atoms with Gasteiger partial charge in [0.15, 0.2) is 0 Å². The number of carbonyl (C=O) groups excluding carboxylic acids is 2. The van der Waals surface area contributed by atoms with Crippen molar-refractivity contribution in [2.45, 2.75) is 39.0 Å². The van der Waals surface area contributed by atoms with Crippen molar-refractivity contribution in [1.82, 2.24) is 4.90 Å². The minimum Gasteiger partial charge on any atom is -0.371 e. The highest BCUT2D eigenvalue weighted by atomic mass is 19.1. The Bertz CT molecular complexity index is 948. The summed E-state index contributed by atoms with van der Waals surface area (Å²) in [6, 6.07) is 11.1. The zero-order valence-corrected chi connectivity index (χ0v) is 18.1. The fourth-order valence-electron chi connectivity index (χ4n) is 4.41. The predicted octanol–water partition coefficient (Wildman–Crippen LogP) is 4.94. The van der Waals surface area contributed by atoms with Gasteiger partial charge in [0.05, 0.1) is 5.56 Å². The van der Waals surface area contributed by atoms with Gasteiger partial charge in [0, 0.05) is 43.1 Å². The van der Waals surface area contributed by atoms with E-state index < -0.39 is 11.7 Å².